The summed E-state index contributed by atoms with van der Waals surface area (Å²) >= 11 is 6.21. The number of hydrogen-bond acceptors (Lipinski definition) is 2. The van der Waals surface area contributed by atoms with Gasteiger partial charge in [-0.25, -0.2) is 4.39 Å². The molecule has 21 heavy (non-hydrogen) atoms. The molecule has 2 aromatic rings. The fourth-order valence-corrected chi connectivity index (χ4v) is 2.30. The average molecular weight is 308 g/mol. The number of rotatable bonds is 5. The normalized spacial score (nSPS) is 12.2. The molecule has 0 aliphatic heterocycles. The predicted molar refractivity (Wildman–Crippen MR) is 84.6 cm³/mol. The van der Waals surface area contributed by atoms with E-state index in [1.807, 2.05) is 19.1 Å². The number of para-hydroxylation sites is 1. The Kier molecular flexibility index (Phi) is 5.21. The quantitative estimate of drug-likeness (QED) is 0.856. The van der Waals surface area contributed by atoms with Crippen molar-refractivity contribution in [3.63, 3.8) is 0 Å². The van der Waals surface area contributed by atoms with E-state index >= 15 is 0 Å². The van der Waals surface area contributed by atoms with Crippen molar-refractivity contribution in [2.24, 2.45) is 5.73 Å². The highest BCUT2D eigenvalue weighted by Crippen LogP contribution is 2.35. The molecule has 0 aromatic heterocycles. The molecule has 0 saturated heterocycles. The Morgan fingerprint density at radius 1 is 1.24 bits per heavy atom. The number of nitrogens with two attached hydrogens (primary N) is 1. The summed E-state index contributed by atoms with van der Waals surface area (Å²) in [7, 11) is 0. The van der Waals surface area contributed by atoms with Gasteiger partial charge in [0, 0.05) is 6.04 Å². The van der Waals surface area contributed by atoms with E-state index in [9.17, 15) is 4.39 Å². The monoisotopic (exact) mass is 307 g/mol. The Morgan fingerprint density at radius 2 is 1.95 bits per heavy atom. The van der Waals surface area contributed by atoms with Gasteiger partial charge in [0.15, 0.2) is 11.6 Å². The Balaban J connectivity index is 2.36. The summed E-state index contributed by atoms with van der Waals surface area (Å²) in [5.74, 6) is 0.283. The van der Waals surface area contributed by atoms with Crippen LogP contribution in [0.2, 0.25) is 5.02 Å². The molecule has 2 N–H and O–H groups in total. The zero-order valence-corrected chi connectivity index (χ0v) is 13.0. The van der Waals surface area contributed by atoms with E-state index in [0.29, 0.717) is 22.8 Å². The lowest BCUT2D eigenvalue weighted by Gasteiger charge is -2.16. The highest BCUT2D eigenvalue weighted by molar-refractivity contribution is 6.32. The van der Waals surface area contributed by atoms with Crippen molar-refractivity contribution in [1.82, 2.24) is 0 Å². The second-order valence-electron chi connectivity index (χ2n) is 5.09. The van der Waals surface area contributed by atoms with Gasteiger partial charge in [-0.15, -0.1) is 0 Å². The fraction of sp³-hybridized carbons (Fsp3) is 0.294. The van der Waals surface area contributed by atoms with Crippen molar-refractivity contribution < 1.29 is 9.13 Å². The van der Waals surface area contributed by atoms with Crippen LogP contribution in [0.3, 0.4) is 0 Å². The molecule has 1 atom stereocenters. The van der Waals surface area contributed by atoms with Gasteiger partial charge in [-0.3, -0.25) is 0 Å². The van der Waals surface area contributed by atoms with Crippen molar-refractivity contribution >= 4 is 11.6 Å². The molecular weight excluding hydrogens is 289 g/mol. The molecule has 1 unspecified atom stereocenters. The minimum absolute atomic E-state index is 0.0215. The van der Waals surface area contributed by atoms with E-state index in [0.717, 1.165) is 12.0 Å². The van der Waals surface area contributed by atoms with Gasteiger partial charge in [-0.2, -0.15) is 0 Å². The summed E-state index contributed by atoms with van der Waals surface area (Å²) in [6.45, 7) is 3.72. The first kappa shape index (κ1) is 15.8. The summed E-state index contributed by atoms with van der Waals surface area (Å²) in [6.07, 6.45) is 1.49. The molecule has 0 saturated carbocycles. The lowest BCUT2D eigenvalue weighted by atomic mass is 10.0. The first-order valence-electron chi connectivity index (χ1n) is 6.98. The molecule has 2 rings (SSSR count). The standard InChI is InChI=1S/C17H19ClFNO/c1-3-13(20)10-12-7-5-8-14(18)17(12)21-15-9-4-6-11(2)16(15)19/h4-9,13H,3,10,20H2,1-2H3. The maximum atomic E-state index is 14.1. The third-order valence-electron chi connectivity index (χ3n) is 3.42. The van der Waals surface area contributed by atoms with Crippen LogP contribution in [0.15, 0.2) is 36.4 Å². The van der Waals surface area contributed by atoms with Crippen LogP contribution in [0.5, 0.6) is 11.5 Å². The van der Waals surface area contributed by atoms with E-state index in [-0.39, 0.29) is 17.6 Å². The van der Waals surface area contributed by atoms with E-state index in [1.165, 1.54) is 0 Å². The number of halogens is 2. The minimum atomic E-state index is -0.372. The maximum absolute atomic E-state index is 14.1. The van der Waals surface area contributed by atoms with Gasteiger partial charge >= 0.3 is 0 Å². The van der Waals surface area contributed by atoms with Crippen LogP contribution in [0, 0.1) is 12.7 Å². The first-order valence-corrected chi connectivity index (χ1v) is 7.36. The van der Waals surface area contributed by atoms with Crippen molar-refractivity contribution in [3.8, 4) is 11.5 Å². The zero-order chi connectivity index (χ0) is 15.4. The van der Waals surface area contributed by atoms with Gasteiger partial charge in [-0.1, -0.05) is 42.8 Å². The van der Waals surface area contributed by atoms with Crippen LogP contribution < -0.4 is 10.5 Å². The highest BCUT2D eigenvalue weighted by atomic mass is 35.5. The molecule has 4 heteroatoms. The topological polar surface area (TPSA) is 35.2 Å². The van der Waals surface area contributed by atoms with Gasteiger partial charge < -0.3 is 10.5 Å². The van der Waals surface area contributed by atoms with Gasteiger partial charge in [-0.05, 0) is 43.0 Å². The van der Waals surface area contributed by atoms with Gasteiger partial charge in [0.05, 0.1) is 5.02 Å². The molecule has 0 bridgehead atoms. The minimum Gasteiger partial charge on any atom is -0.452 e. The molecule has 0 aliphatic carbocycles. The van der Waals surface area contributed by atoms with Crippen LogP contribution in [-0.4, -0.2) is 6.04 Å². The Bertz CT molecular complexity index is 630. The molecule has 2 nitrogen and oxygen atoms in total. The van der Waals surface area contributed by atoms with Gasteiger partial charge in [0.1, 0.15) is 5.75 Å². The highest BCUT2D eigenvalue weighted by Gasteiger charge is 2.15. The Morgan fingerprint density at radius 3 is 2.67 bits per heavy atom. The first-order chi connectivity index (χ1) is 10.0. The maximum Gasteiger partial charge on any atom is 0.168 e. The smallest absolute Gasteiger partial charge is 0.168 e. The van der Waals surface area contributed by atoms with Crippen LogP contribution in [0.4, 0.5) is 4.39 Å². The van der Waals surface area contributed by atoms with E-state index in [1.54, 1.807) is 31.2 Å². The lowest BCUT2D eigenvalue weighted by molar-refractivity contribution is 0.433. The number of aryl methyl sites for hydroxylation is 1. The van der Waals surface area contributed by atoms with Crippen LogP contribution in [0.25, 0.3) is 0 Å². The molecular formula is C17H19ClFNO. The summed E-state index contributed by atoms with van der Waals surface area (Å²) in [6, 6.07) is 10.5. The van der Waals surface area contributed by atoms with E-state index in [4.69, 9.17) is 22.1 Å². The van der Waals surface area contributed by atoms with Gasteiger partial charge in [0.25, 0.3) is 0 Å². The lowest BCUT2D eigenvalue weighted by Crippen LogP contribution is -2.21. The summed E-state index contributed by atoms with van der Waals surface area (Å²) in [4.78, 5) is 0. The number of benzene rings is 2. The largest absolute Gasteiger partial charge is 0.452 e. The molecule has 0 radical (unpaired) electrons. The van der Waals surface area contributed by atoms with Crippen molar-refractivity contribution in [1.29, 1.82) is 0 Å². The second kappa shape index (κ2) is 6.92. The summed E-state index contributed by atoms with van der Waals surface area (Å²) in [5.41, 5.74) is 7.42. The fourth-order valence-electron chi connectivity index (χ4n) is 2.06. The summed E-state index contributed by atoms with van der Waals surface area (Å²) < 4.78 is 19.8. The zero-order valence-electron chi connectivity index (χ0n) is 12.2. The third-order valence-corrected chi connectivity index (χ3v) is 3.72. The number of hydrogen-bond donors (Lipinski definition) is 1. The third kappa shape index (κ3) is 3.74. The summed E-state index contributed by atoms with van der Waals surface area (Å²) in [5, 5.41) is 0.455. The van der Waals surface area contributed by atoms with Crippen LogP contribution in [0.1, 0.15) is 24.5 Å². The SMILES string of the molecule is CCC(N)Cc1cccc(Cl)c1Oc1cccc(C)c1F. The van der Waals surface area contributed by atoms with Crippen LogP contribution in [-0.2, 0) is 6.42 Å². The van der Waals surface area contributed by atoms with E-state index < -0.39 is 0 Å². The molecule has 0 spiro atoms. The van der Waals surface area contributed by atoms with Crippen molar-refractivity contribution in [2.45, 2.75) is 32.7 Å². The predicted octanol–water partition coefficient (Wildman–Crippen LogP) is 4.86. The van der Waals surface area contributed by atoms with Crippen molar-refractivity contribution in [2.75, 3.05) is 0 Å². The Labute approximate surface area is 129 Å². The molecule has 0 aliphatic rings. The molecule has 0 fully saturated rings. The van der Waals surface area contributed by atoms with Crippen molar-refractivity contribution in [3.05, 3.63) is 58.4 Å². The molecule has 0 amide bonds. The molecule has 0 heterocycles. The number of ether oxygens (including phenoxy) is 1. The van der Waals surface area contributed by atoms with E-state index in [2.05, 4.69) is 0 Å². The Hall–Kier alpha value is -1.58. The van der Waals surface area contributed by atoms with Crippen LogP contribution >= 0.6 is 11.6 Å². The van der Waals surface area contributed by atoms with Gasteiger partial charge in [0.2, 0.25) is 0 Å². The molecule has 112 valence electrons. The second-order valence-corrected chi connectivity index (χ2v) is 5.50. The average Bonchev–Trinajstić information content (AvgIpc) is 2.47. The molecule has 2 aromatic carbocycles.